The lowest BCUT2D eigenvalue weighted by Crippen LogP contribution is -2.39. The van der Waals surface area contributed by atoms with Gasteiger partial charge in [0, 0.05) is 30.6 Å². The summed E-state index contributed by atoms with van der Waals surface area (Å²) in [5.41, 5.74) is 1.00. The lowest BCUT2D eigenvalue weighted by atomic mass is 10.1. The Morgan fingerprint density at radius 1 is 1.33 bits per heavy atom. The summed E-state index contributed by atoms with van der Waals surface area (Å²) in [5.74, 6) is 1.32. The molecule has 0 aliphatic carbocycles. The molecule has 1 aromatic rings. The fourth-order valence-electron chi connectivity index (χ4n) is 2.99. The first-order valence-electron chi connectivity index (χ1n) is 9.67. The number of methoxy groups -OCH3 is 1. The molecule has 3 N–H and O–H groups in total. The second-order valence-corrected chi connectivity index (χ2v) is 9.45. The number of sulfone groups is 1. The molecular weight excluding hydrogens is 543 g/mol. The highest BCUT2D eigenvalue weighted by Crippen LogP contribution is 2.22. The van der Waals surface area contributed by atoms with Crippen LogP contribution in [0.2, 0.25) is 5.02 Å². The van der Waals surface area contributed by atoms with Crippen LogP contribution < -0.4 is 20.7 Å². The molecule has 30 heavy (non-hydrogen) atoms. The van der Waals surface area contributed by atoms with E-state index in [1.807, 2.05) is 19.1 Å². The standard InChI is InChI=1S/C19H29ClN4O4S.HI/c1-3-21-19(22-9-6-14-4-5-16(28-2)12-17(14)20)23-10-7-18(25)24-15-8-11-29(26,27)13-15;/h4-5,12,15H,3,6-11,13H2,1-2H3,(H,24,25)(H2,21,22,23);1H. The van der Waals surface area contributed by atoms with Crippen LogP contribution in [0.25, 0.3) is 0 Å². The molecule has 1 aromatic carbocycles. The maximum Gasteiger partial charge on any atom is 0.222 e. The Bertz CT molecular complexity index is 836. The van der Waals surface area contributed by atoms with E-state index in [2.05, 4.69) is 20.9 Å². The Kier molecular flexibility index (Phi) is 11.8. The van der Waals surface area contributed by atoms with Crippen molar-refractivity contribution >= 4 is 57.3 Å². The molecule has 0 spiro atoms. The number of aliphatic imine (C=N–C) groups is 1. The van der Waals surface area contributed by atoms with Gasteiger partial charge < -0.3 is 20.7 Å². The molecule has 2 rings (SSSR count). The first kappa shape index (κ1) is 26.8. The average Bonchev–Trinajstić information content (AvgIpc) is 3.01. The number of carbonyl (C=O) groups excluding carboxylic acids is 1. The van der Waals surface area contributed by atoms with Gasteiger partial charge in [-0.3, -0.25) is 9.79 Å². The van der Waals surface area contributed by atoms with Crippen molar-refractivity contribution in [3.8, 4) is 5.75 Å². The lowest BCUT2D eigenvalue weighted by molar-refractivity contribution is -0.121. The van der Waals surface area contributed by atoms with Gasteiger partial charge in [0.25, 0.3) is 0 Å². The topological polar surface area (TPSA) is 109 Å². The average molecular weight is 573 g/mol. The summed E-state index contributed by atoms with van der Waals surface area (Å²) in [6, 6.07) is 5.30. The van der Waals surface area contributed by atoms with Gasteiger partial charge in [0.1, 0.15) is 5.75 Å². The van der Waals surface area contributed by atoms with Gasteiger partial charge in [-0.1, -0.05) is 17.7 Å². The van der Waals surface area contributed by atoms with Crippen LogP contribution in [0.15, 0.2) is 23.2 Å². The Hall–Kier alpha value is -1.27. The molecular formula is C19H30ClIN4O4S. The number of nitrogens with zero attached hydrogens (tertiary/aromatic N) is 1. The maximum atomic E-state index is 12.0. The van der Waals surface area contributed by atoms with Gasteiger partial charge in [0.15, 0.2) is 15.8 Å². The number of hydrogen-bond donors (Lipinski definition) is 3. The smallest absolute Gasteiger partial charge is 0.222 e. The monoisotopic (exact) mass is 572 g/mol. The highest BCUT2D eigenvalue weighted by atomic mass is 127. The van der Waals surface area contributed by atoms with Gasteiger partial charge in [0.05, 0.1) is 25.2 Å². The predicted molar refractivity (Wildman–Crippen MR) is 131 cm³/mol. The molecule has 1 saturated heterocycles. The zero-order valence-electron chi connectivity index (χ0n) is 17.2. The number of rotatable bonds is 9. The Morgan fingerprint density at radius 2 is 2.10 bits per heavy atom. The molecule has 1 atom stereocenters. The number of halogens is 2. The first-order valence-corrected chi connectivity index (χ1v) is 11.9. The van der Waals surface area contributed by atoms with E-state index in [4.69, 9.17) is 16.3 Å². The molecule has 1 aliphatic heterocycles. The summed E-state index contributed by atoms with van der Waals surface area (Å²) in [6.45, 7) is 3.60. The number of amides is 1. The van der Waals surface area contributed by atoms with E-state index in [-0.39, 0.29) is 53.9 Å². The normalized spacial score (nSPS) is 17.7. The minimum atomic E-state index is -3.00. The molecule has 170 valence electrons. The van der Waals surface area contributed by atoms with Gasteiger partial charge in [-0.2, -0.15) is 0 Å². The van der Waals surface area contributed by atoms with Gasteiger partial charge in [-0.25, -0.2) is 8.42 Å². The summed E-state index contributed by atoms with van der Waals surface area (Å²) >= 11 is 6.25. The van der Waals surface area contributed by atoms with Crippen molar-refractivity contribution in [1.82, 2.24) is 16.0 Å². The summed E-state index contributed by atoms with van der Waals surface area (Å²) in [7, 11) is -1.40. The predicted octanol–water partition coefficient (Wildman–Crippen LogP) is 1.76. The Morgan fingerprint density at radius 3 is 2.70 bits per heavy atom. The van der Waals surface area contributed by atoms with Crippen LogP contribution in [0.5, 0.6) is 5.75 Å². The van der Waals surface area contributed by atoms with Crippen LogP contribution in [0.4, 0.5) is 0 Å². The van der Waals surface area contributed by atoms with Gasteiger partial charge in [-0.15, -0.1) is 24.0 Å². The zero-order chi connectivity index (χ0) is 21.3. The number of carbonyl (C=O) groups is 1. The van der Waals surface area contributed by atoms with Crippen LogP contribution in [0, 0.1) is 0 Å². The summed E-state index contributed by atoms with van der Waals surface area (Å²) in [5, 5.41) is 9.77. The highest BCUT2D eigenvalue weighted by Gasteiger charge is 2.28. The second-order valence-electron chi connectivity index (χ2n) is 6.81. The van der Waals surface area contributed by atoms with Crippen molar-refractivity contribution in [2.45, 2.75) is 32.2 Å². The third kappa shape index (κ3) is 9.25. The van der Waals surface area contributed by atoms with Crippen LogP contribution >= 0.6 is 35.6 Å². The number of ether oxygens (including phenoxy) is 1. The van der Waals surface area contributed by atoms with E-state index in [9.17, 15) is 13.2 Å². The molecule has 0 aromatic heterocycles. The summed E-state index contributed by atoms with van der Waals surface area (Å²) < 4.78 is 28.0. The molecule has 1 aliphatic rings. The maximum absolute atomic E-state index is 12.0. The summed E-state index contributed by atoms with van der Waals surface area (Å²) in [6.07, 6.45) is 1.40. The largest absolute Gasteiger partial charge is 0.497 e. The first-order chi connectivity index (χ1) is 13.8. The van der Waals surface area contributed by atoms with Crippen LogP contribution in [0.3, 0.4) is 0 Å². The molecule has 0 bridgehead atoms. The van der Waals surface area contributed by atoms with Gasteiger partial charge >= 0.3 is 0 Å². The van der Waals surface area contributed by atoms with Crippen molar-refractivity contribution in [2.75, 3.05) is 38.2 Å². The van der Waals surface area contributed by atoms with Gasteiger partial charge in [-0.05, 0) is 37.5 Å². The van der Waals surface area contributed by atoms with Crippen molar-refractivity contribution in [2.24, 2.45) is 4.99 Å². The molecule has 11 heteroatoms. The van der Waals surface area contributed by atoms with E-state index >= 15 is 0 Å². The van der Waals surface area contributed by atoms with Crippen LogP contribution in [-0.2, 0) is 21.1 Å². The minimum Gasteiger partial charge on any atom is -0.497 e. The summed E-state index contributed by atoms with van der Waals surface area (Å²) in [4.78, 5) is 16.4. The number of hydrogen-bond acceptors (Lipinski definition) is 5. The Labute approximate surface area is 200 Å². The SMILES string of the molecule is CCNC(=NCCC(=O)NC1CCS(=O)(=O)C1)NCCc1ccc(OC)cc1Cl.I. The Balaban J connectivity index is 0.00000450. The van der Waals surface area contributed by atoms with Crippen molar-refractivity contribution < 1.29 is 17.9 Å². The fraction of sp³-hybridized carbons (Fsp3) is 0.579. The molecule has 1 unspecified atom stereocenters. The van der Waals surface area contributed by atoms with E-state index in [0.29, 0.717) is 43.5 Å². The van der Waals surface area contributed by atoms with E-state index in [1.165, 1.54) is 0 Å². The third-order valence-corrected chi connectivity index (χ3v) is 6.62. The fourth-order valence-corrected chi connectivity index (χ4v) is 4.93. The lowest BCUT2D eigenvalue weighted by Gasteiger charge is -2.13. The molecule has 0 saturated carbocycles. The molecule has 1 heterocycles. The second kappa shape index (κ2) is 13.2. The van der Waals surface area contributed by atoms with Crippen molar-refractivity contribution in [3.63, 3.8) is 0 Å². The minimum absolute atomic E-state index is 0. The van der Waals surface area contributed by atoms with E-state index in [1.54, 1.807) is 13.2 Å². The molecule has 1 amide bonds. The zero-order valence-corrected chi connectivity index (χ0v) is 21.1. The van der Waals surface area contributed by atoms with E-state index in [0.717, 1.165) is 11.3 Å². The third-order valence-electron chi connectivity index (χ3n) is 4.50. The number of benzene rings is 1. The molecule has 0 radical (unpaired) electrons. The van der Waals surface area contributed by atoms with Crippen LogP contribution in [0.1, 0.15) is 25.3 Å². The molecule has 8 nitrogen and oxygen atoms in total. The van der Waals surface area contributed by atoms with Crippen molar-refractivity contribution in [1.29, 1.82) is 0 Å². The number of guanidine groups is 1. The highest BCUT2D eigenvalue weighted by molar-refractivity contribution is 14.0. The van der Waals surface area contributed by atoms with E-state index < -0.39 is 9.84 Å². The van der Waals surface area contributed by atoms with Gasteiger partial charge in [0.2, 0.25) is 5.91 Å². The quantitative estimate of drug-likeness (QED) is 0.236. The van der Waals surface area contributed by atoms with Crippen LogP contribution in [-0.4, -0.2) is 64.6 Å². The van der Waals surface area contributed by atoms with Crippen molar-refractivity contribution in [3.05, 3.63) is 28.8 Å². The number of nitrogens with one attached hydrogen (secondary N) is 3. The molecule has 1 fully saturated rings.